The fourth-order valence-electron chi connectivity index (χ4n) is 1.58. The Morgan fingerprint density at radius 2 is 1.80 bits per heavy atom. The average Bonchev–Trinajstić information content (AvgIpc) is 2.46. The van der Waals surface area contributed by atoms with E-state index in [-0.39, 0.29) is 6.61 Å². The number of nitrogens with two attached hydrogens (primary N) is 1. The second kappa shape index (κ2) is 7.02. The van der Waals surface area contributed by atoms with Crippen molar-refractivity contribution < 1.29 is 9.57 Å². The minimum absolute atomic E-state index is 0.150. The normalized spacial score (nSPS) is 12.4. The van der Waals surface area contributed by atoms with Gasteiger partial charge in [0, 0.05) is 0 Å². The number of benzene rings is 2. The molecule has 0 fully saturated rings. The van der Waals surface area contributed by atoms with Crippen LogP contribution in [0.15, 0.2) is 54.6 Å². The van der Waals surface area contributed by atoms with Crippen LogP contribution in [0.3, 0.4) is 0 Å². The van der Waals surface area contributed by atoms with Gasteiger partial charge in [-0.25, -0.2) is 5.23 Å². The first-order chi connectivity index (χ1) is 9.65. The molecule has 0 aliphatic rings. The van der Waals surface area contributed by atoms with E-state index in [0.717, 1.165) is 11.3 Å². The number of para-hydroxylation sites is 1. The van der Waals surface area contributed by atoms with E-state index in [9.17, 15) is 5.21 Å². The summed E-state index contributed by atoms with van der Waals surface area (Å²) >= 11 is 0. The molecule has 0 aliphatic carbocycles. The van der Waals surface area contributed by atoms with Gasteiger partial charge in [0.15, 0.2) is 0 Å². The molecule has 2 aromatic rings. The highest BCUT2D eigenvalue weighted by atomic mass is 16.9. The van der Waals surface area contributed by atoms with Crippen LogP contribution in [-0.4, -0.2) is 11.4 Å². The van der Waals surface area contributed by atoms with Crippen LogP contribution in [0.4, 0.5) is 0 Å². The number of hydrogen-bond donors (Lipinski definition) is 1. The van der Waals surface area contributed by atoms with Crippen LogP contribution in [0.2, 0.25) is 0 Å². The first-order valence-electron chi connectivity index (χ1n) is 6.32. The molecule has 0 heterocycles. The van der Waals surface area contributed by atoms with Crippen molar-refractivity contribution in [3.05, 3.63) is 65.4 Å². The van der Waals surface area contributed by atoms with Gasteiger partial charge in [-0.05, 0) is 36.8 Å². The lowest BCUT2D eigenvalue weighted by atomic mass is 10.2. The van der Waals surface area contributed by atoms with E-state index in [1.54, 1.807) is 6.92 Å². The van der Waals surface area contributed by atoms with Crippen molar-refractivity contribution in [2.24, 2.45) is 5.73 Å². The summed E-state index contributed by atoms with van der Waals surface area (Å²) in [6.45, 7) is 1.71. The minimum atomic E-state index is -0.696. The van der Waals surface area contributed by atoms with Gasteiger partial charge in [0.2, 0.25) is 0 Å². The Kier molecular flexibility index (Phi) is 5.09. The van der Waals surface area contributed by atoms with Crippen molar-refractivity contribution in [2.75, 3.05) is 0 Å². The van der Waals surface area contributed by atoms with Crippen molar-refractivity contribution in [3.63, 3.8) is 0 Å². The van der Waals surface area contributed by atoms with Crippen LogP contribution >= 0.6 is 0 Å². The standard InChI is InChI=1S/C15H17N2O3/c1-12(16)17(18)19-11-13-6-5-9-15(10-13)20-14-7-3-2-4-8-14/h2-10,12H,11,16H2,1H3/q-1. The van der Waals surface area contributed by atoms with Crippen LogP contribution < -0.4 is 10.5 Å². The van der Waals surface area contributed by atoms with Crippen molar-refractivity contribution in [3.8, 4) is 11.5 Å². The molecule has 0 aliphatic heterocycles. The third kappa shape index (κ3) is 4.32. The molecular formula is C15H17N2O3-. The lowest BCUT2D eigenvalue weighted by molar-refractivity contribution is -0.154. The molecule has 0 amide bonds. The quantitative estimate of drug-likeness (QED) is 0.647. The van der Waals surface area contributed by atoms with Crippen LogP contribution in [-0.2, 0) is 11.4 Å². The van der Waals surface area contributed by atoms with E-state index in [1.807, 2.05) is 54.6 Å². The highest BCUT2D eigenvalue weighted by Gasteiger charge is 2.02. The molecule has 2 aromatic carbocycles. The molecule has 2 N–H and O–H groups in total. The predicted molar refractivity (Wildman–Crippen MR) is 76.6 cm³/mol. The minimum Gasteiger partial charge on any atom is -0.761 e. The third-order valence-corrected chi connectivity index (χ3v) is 2.57. The van der Waals surface area contributed by atoms with Gasteiger partial charge >= 0.3 is 0 Å². The lowest BCUT2D eigenvalue weighted by Gasteiger charge is -2.30. The van der Waals surface area contributed by atoms with Gasteiger partial charge in [-0.1, -0.05) is 30.3 Å². The van der Waals surface area contributed by atoms with Crippen molar-refractivity contribution in [1.82, 2.24) is 5.23 Å². The Balaban J connectivity index is 1.97. The average molecular weight is 273 g/mol. The topological polar surface area (TPSA) is 70.8 Å². The number of hydrogen-bond acceptors (Lipinski definition) is 5. The Morgan fingerprint density at radius 3 is 2.50 bits per heavy atom. The zero-order valence-electron chi connectivity index (χ0n) is 11.2. The maximum Gasteiger partial charge on any atom is 0.127 e. The molecule has 0 spiro atoms. The third-order valence-electron chi connectivity index (χ3n) is 2.57. The number of rotatable bonds is 6. The molecule has 0 bridgehead atoms. The summed E-state index contributed by atoms with van der Waals surface area (Å²) in [5.41, 5.74) is 6.23. The molecule has 0 aromatic heterocycles. The summed E-state index contributed by atoms with van der Waals surface area (Å²) in [7, 11) is 0. The smallest absolute Gasteiger partial charge is 0.127 e. The number of nitrogens with zero attached hydrogens (tertiary/aromatic N) is 1. The summed E-state index contributed by atoms with van der Waals surface area (Å²) in [5.74, 6) is 1.45. The van der Waals surface area contributed by atoms with Gasteiger partial charge in [-0.2, -0.15) is 0 Å². The molecule has 5 nitrogen and oxygen atoms in total. The van der Waals surface area contributed by atoms with Crippen LogP contribution in [0, 0.1) is 5.21 Å². The van der Waals surface area contributed by atoms with Crippen LogP contribution in [0.1, 0.15) is 12.5 Å². The first kappa shape index (κ1) is 14.5. The van der Waals surface area contributed by atoms with Gasteiger partial charge in [0.25, 0.3) is 0 Å². The molecule has 0 radical (unpaired) electrons. The van der Waals surface area contributed by atoms with Gasteiger partial charge in [-0.3, -0.25) is 0 Å². The summed E-state index contributed by atoms with van der Waals surface area (Å²) in [5, 5.41) is 11.6. The Hall–Kier alpha value is -1.92. The van der Waals surface area contributed by atoms with E-state index in [4.69, 9.17) is 15.3 Å². The fourth-order valence-corrected chi connectivity index (χ4v) is 1.58. The molecule has 1 atom stereocenters. The molecule has 0 saturated heterocycles. The first-order valence-corrected chi connectivity index (χ1v) is 6.32. The largest absolute Gasteiger partial charge is 0.761 e. The van der Waals surface area contributed by atoms with Gasteiger partial charge in [-0.15, -0.1) is 0 Å². The van der Waals surface area contributed by atoms with Crippen LogP contribution in [0.5, 0.6) is 11.5 Å². The zero-order chi connectivity index (χ0) is 14.4. The summed E-state index contributed by atoms with van der Waals surface area (Å²) in [6.07, 6.45) is -0.696. The number of hydroxylamine groups is 2. The maximum atomic E-state index is 11.2. The van der Waals surface area contributed by atoms with Gasteiger partial charge in [0.05, 0.1) is 12.8 Å². The van der Waals surface area contributed by atoms with E-state index < -0.39 is 6.17 Å². The molecule has 5 heteroatoms. The van der Waals surface area contributed by atoms with Gasteiger partial charge in [0.1, 0.15) is 11.5 Å². The summed E-state index contributed by atoms with van der Waals surface area (Å²) in [4.78, 5) is 4.99. The van der Waals surface area contributed by atoms with Crippen LogP contribution in [0.25, 0.3) is 0 Å². The molecule has 1 unspecified atom stereocenters. The van der Waals surface area contributed by atoms with Gasteiger partial charge < -0.3 is 20.5 Å². The van der Waals surface area contributed by atoms with Crippen molar-refractivity contribution in [1.29, 1.82) is 0 Å². The second-order valence-electron chi connectivity index (χ2n) is 4.36. The monoisotopic (exact) mass is 273 g/mol. The van der Waals surface area contributed by atoms with E-state index in [2.05, 4.69) is 0 Å². The molecular weight excluding hydrogens is 256 g/mol. The fraction of sp³-hybridized carbons (Fsp3) is 0.200. The Morgan fingerprint density at radius 1 is 1.10 bits per heavy atom. The number of ether oxygens (including phenoxy) is 1. The molecule has 0 saturated carbocycles. The predicted octanol–water partition coefficient (Wildman–Crippen LogP) is 3.02. The van der Waals surface area contributed by atoms with Crippen molar-refractivity contribution >= 4 is 0 Å². The van der Waals surface area contributed by atoms with E-state index >= 15 is 0 Å². The molecule has 2 rings (SSSR count). The molecule has 106 valence electrons. The van der Waals surface area contributed by atoms with E-state index in [1.165, 1.54) is 0 Å². The van der Waals surface area contributed by atoms with Crippen molar-refractivity contribution in [2.45, 2.75) is 19.7 Å². The SMILES string of the molecule is CC(N)N([O-])OCc1cccc(Oc2ccccc2)c1. The Labute approximate surface area is 118 Å². The highest BCUT2D eigenvalue weighted by Crippen LogP contribution is 2.22. The zero-order valence-corrected chi connectivity index (χ0v) is 11.2. The summed E-state index contributed by atoms with van der Waals surface area (Å²) in [6, 6.07) is 16.8. The molecule has 20 heavy (non-hydrogen) atoms. The lowest BCUT2D eigenvalue weighted by Crippen LogP contribution is -2.34. The second-order valence-corrected chi connectivity index (χ2v) is 4.36. The maximum absolute atomic E-state index is 11.2. The Bertz CT molecular complexity index is 532. The van der Waals surface area contributed by atoms with E-state index in [0.29, 0.717) is 11.0 Å². The highest BCUT2D eigenvalue weighted by molar-refractivity contribution is 5.33. The summed E-state index contributed by atoms with van der Waals surface area (Å²) < 4.78 is 5.70.